The van der Waals surface area contributed by atoms with E-state index in [2.05, 4.69) is 9.88 Å². The topological polar surface area (TPSA) is 53.4 Å². The number of pyridine rings is 1. The highest BCUT2D eigenvalue weighted by Gasteiger charge is 2.04. The minimum absolute atomic E-state index is 0.217. The first-order chi connectivity index (χ1) is 7.11. The zero-order chi connectivity index (χ0) is 11.3. The predicted molar refractivity (Wildman–Crippen MR) is 59.1 cm³/mol. The SMILES string of the molecule is Cc1cnccc1N(C)CCCC(=O)O. The molecule has 0 saturated carbocycles. The van der Waals surface area contributed by atoms with Crippen LogP contribution in [0.3, 0.4) is 0 Å². The van der Waals surface area contributed by atoms with E-state index in [1.165, 1.54) is 0 Å². The van der Waals surface area contributed by atoms with Crippen molar-refractivity contribution in [2.75, 3.05) is 18.5 Å². The van der Waals surface area contributed by atoms with Crippen LogP contribution in [0.25, 0.3) is 0 Å². The third kappa shape index (κ3) is 3.58. The molecule has 0 spiro atoms. The van der Waals surface area contributed by atoms with Gasteiger partial charge in [-0.2, -0.15) is 0 Å². The summed E-state index contributed by atoms with van der Waals surface area (Å²) in [5.41, 5.74) is 2.21. The fraction of sp³-hybridized carbons (Fsp3) is 0.455. The van der Waals surface area contributed by atoms with Crippen molar-refractivity contribution in [3.05, 3.63) is 24.0 Å². The lowest BCUT2D eigenvalue weighted by Gasteiger charge is -2.20. The van der Waals surface area contributed by atoms with Crippen molar-refractivity contribution < 1.29 is 9.90 Å². The maximum absolute atomic E-state index is 10.4. The maximum Gasteiger partial charge on any atom is 0.303 e. The summed E-state index contributed by atoms with van der Waals surface area (Å²) in [5.74, 6) is -0.741. The number of carbonyl (C=O) groups is 1. The summed E-state index contributed by atoms with van der Waals surface area (Å²) >= 11 is 0. The summed E-state index contributed by atoms with van der Waals surface area (Å²) in [5, 5.41) is 8.52. The number of aromatic nitrogens is 1. The molecule has 0 saturated heterocycles. The second kappa shape index (κ2) is 5.34. The number of hydrogen-bond acceptors (Lipinski definition) is 3. The Kier molecular flexibility index (Phi) is 4.09. The number of hydrogen-bond donors (Lipinski definition) is 1. The summed E-state index contributed by atoms with van der Waals surface area (Å²) in [7, 11) is 1.96. The molecule has 1 rings (SSSR count). The molecule has 0 bridgehead atoms. The standard InChI is InChI=1S/C11H16N2O2/c1-9-8-12-6-5-10(9)13(2)7-3-4-11(14)15/h5-6,8H,3-4,7H2,1-2H3,(H,14,15). The summed E-state index contributed by atoms with van der Waals surface area (Å²) in [6.07, 6.45) is 4.43. The van der Waals surface area contributed by atoms with Gasteiger partial charge in [0.1, 0.15) is 0 Å². The molecule has 4 nitrogen and oxygen atoms in total. The summed E-state index contributed by atoms with van der Waals surface area (Å²) in [4.78, 5) is 16.4. The fourth-order valence-electron chi connectivity index (χ4n) is 1.48. The quantitative estimate of drug-likeness (QED) is 0.800. The highest BCUT2D eigenvalue weighted by atomic mass is 16.4. The van der Waals surface area contributed by atoms with Crippen molar-refractivity contribution >= 4 is 11.7 Å². The van der Waals surface area contributed by atoms with Gasteiger partial charge in [0.05, 0.1) is 0 Å². The average molecular weight is 208 g/mol. The average Bonchev–Trinajstić information content (AvgIpc) is 2.17. The van der Waals surface area contributed by atoms with Gasteiger partial charge >= 0.3 is 5.97 Å². The van der Waals surface area contributed by atoms with Gasteiger partial charge in [-0.15, -0.1) is 0 Å². The van der Waals surface area contributed by atoms with Crippen LogP contribution in [0.2, 0.25) is 0 Å². The number of carboxylic acids is 1. The van der Waals surface area contributed by atoms with E-state index in [-0.39, 0.29) is 6.42 Å². The molecule has 0 amide bonds. The summed E-state index contributed by atoms with van der Waals surface area (Å²) in [6.45, 7) is 2.74. The zero-order valence-corrected chi connectivity index (χ0v) is 9.10. The first kappa shape index (κ1) is 11.5. The second-order valence-corrected chi connectivity index (χ2v) is 3.58. The molecule has 0 aliphatic rings. The first-order valence-corrected chi connectivity index (χ1v) is 4.95. The lowest BCUT2D eigenvalue weighted by atomic mass is 10.2. The molecule has 1 aromatic heterocycles. The van der Waals surface area contributed by atoms with E-state index < -0.39 is 5.97 Å². The van der Waals surface area contributed by atoms with Gasteiger partial charge in [0, 0.05) is 38.1 Å². The number of aryl methyl sites for hydroxylation is 1. The van der Waals surface area contributed by atoms with Crippen LogP contribution in [0.15, 0.2) is 18.5 Å². The Morgan fingerprint density at radius 2 is 2.33 bits per heavy atom. The molecule has 15 heavy (non-hydrogen) atoms. The molecule has 1 heterocycles. The van der Waals surface area contributed by atoms with Gasteiger partial charge in [0.25, 0.3) is 0 Å². The Morgan fingerprint density at radius 3 is 2.93 bits per heavy atom. The van der Waals surface area contributed by atoms with Crippen molar-refractivity contribution in [3.8, 4) is 0 Å². The Labute approximate surface area is 89.6 Å². The van der Waals surface area contributed by atoms with E-state index in [1.54, 1.807) is 6.20 Å². The minimum Gasteiger partial charge on any atom is -0.481 e. The summed E-state index contributed by atoms with van der Waals surface area (Å²) < 4.78 is 0. The zero-order valence-electron chi connectivity index (χ0n) is 9.10. The third-order valence-corrected chi connectivity index (χ3v) is 2.29. The van der Waals surface area contributed by atoms with Gasteiger partial charge in [-0.25, -0.2) is 0 Å². The van der Waals surface area contributed by atoms with Crippen molar-refractivity contribution in [1.29, 1.82) is 0 Å². The van der Waals surface area contributed by atoms with E-state index in [0.29, 0.717) is 6.42 Å². The molecule has 82 valence electrons. The van der Waals surface area contributed by atoms with Crippen LogP contribution in [-0.4, -0.2) is 29.7 Å². The van der Waals surface area contributed by atoms with Crippen LogP contribution in [0.5, 0.6) is 0 Å². The molecule has 0 unspecified atom stereocenters. The van der Waals surface area contributed by atoms with Crippen molar-refractivity contribution in [2.45, 2.75) is 19.8 Å². The Bertz CT molecular complexity index is 339. The number of rotatable bonds is 5. The van der Waals surface area contributed by atoms with Gasteiger partial charge in [0.2, 0.25) is 0 Å². The third-order valence-electron chi connectivity index (χ3n) is 2.29. The molecule has 0 atom stereocenters. The molecule has 0 aliphatic carbocycles. The Balaban J connectivity index is 2.50. The number of nitrogens with zero attached hydrogens (tertiary/aromatic N) is 2. The Morgan fingerprint density at radius 1 is 1.60 bits per heavy atom. The van der Waals surface area contributed by atoms with Gasteiger partial charge < -0.3 is 10.0 Å². The Hall–Kier alpha value is -1.58. The largest absolute Gasteiger partial charge is 0.481 e. The number of carboxylic acid groups (broad SMARTS) is 1. The van der Waals surface area contributed by atoms with Crippen molar-refractivity contribution in [3.63, 3.8) is 0 Å². The van der Waals surface area contributed by atoms with E-state index >= 15 is 0 Å². The molecule has 1 aromatic rings. The molecule has 0 aromatic carbocycles. The summed E-state index contributed by atoms with van der Waals surface area (Å²) in [6, 6.07) is 1.94. The molecule has 0 aliphatic heterocycles. The highest BCUT2D eigenvalue weighted by molar-refractivity contribution is 5.66. The van der Waals surface area contributed by atoms with Gasteiger partial charge in [-0.3, -0.25) is 9.78 Å². The fourth-order valence-corrected chi connectivity index (χ4v) is 1.48. The molecule has 4 heteroatoms. The molecular weight excluding hydrogens is 192 g/mol. The molecule has 0 radical (unpaired) electrons. The van der Waals surface area contributed by atoms with Gasteiger partial charge in [0.15, 0.2) is 0 Å². The van der Waals surface area contributed by atoms with Crippen LogP contribution < -0.4 is 4.90 Å². The van der Waals surface area contributed by atoms with Gasteiger partial charge in [-0.1, -0.05) is 0 Å². The highest BCUT2D eigenvalue weighted by Crippen LogP contribution is 2.16. The molecule has 1 N–H and O–H groups in total. The number of anilines is 1. The predicted octanol–water partition coefficient (Wildman–Crippen LogP) is 1.69. The second-order valence-electron chi connectivity index (χ2n) is 3.58. The normalized spacial score (nSPS) is 10.0. The smallest absolute Gasteiger partial charge is 0.303 e. The lowest BCUT2D eigenvalue weighted by Crippen LogP contribution is -2.20. The van der Waals surface area contributed by atoms with Crippen molar-refractivity contribution in [1.82, 2.24) is 4.98 Å². The molecular formula is C11H16N2O2. The van der Waals surface area contributed by atoms with Crippen LogP contribution in [0, 0.1) is 6.92 Å². The van der Waals surface area contributed by atoms with E-state index in [1.807, 2.05) is 26.2 Å². The number of aliphatic carboxylic acids is 1. The van der Waals surface area contributed by atoms with Crippen molar-refractivity contribution in [2.24, 2.45) is 0 Å². The monoisotopic (exact) mass is 208 g/mol. The lowest BCUT2D eigenvalue weighted by molar-refractivity contribution is -0.137. The van der Waals surface area contributed by atoms with E-state index in [0.717, 1.165) is 17.8 Å². The van der Waals surface area contributed by atoms with Crippen LogP contribution in [0.4, 0.5) is 5.69 Å². The first-order valence-electron chi connectivity index (χ1n) is 4.95. The minimum atomic E-state index is -0.741. The van der Waals surface area contributed by atoms with E-state index in [9.17, 15) is 4.79 Å². The van der Waals surface area contributed by atoms with Crippen LogP contribution in [-0.2, 0) is 4.79 Å². The van der Waals surface area contributed by atoms with E-state index in [4.69, 9.17) is 5.11 Å². The van der Waals surface area contributed by atoms with Gasteiger partial charge in [-0.05, 0) is 25.0 Å². The van der Waals surface area contributed by atoms with Crippen LogP contribution in [0.1, 0.15) is 18.4 Å². The molecule has 0 fully saturated rings. The van der Waals surface area contributed by atoms with Crippen LogP contribution >= 0.6 is 0 Å². The maximum atomic E-state index is 10.4.